The van der Waals surface area contributed by atoms with Crippen LogP contribution in [-0.2, 0) is 16.6 Å². The number of anilines is 2. The molecular weight excluding hydrogens is 581 g/mol. The van der Waals surface area contributed by atoms with Crippen LogP contribution in [0.2, 0.25) is 0 Å². The number of carbonyl (C=O) groups is 1. The molecule has 2 fully saturated rings. The van der Waals surface area contributed by atoms with Crippen molar-refractivity contribution in [3.05, 3.63) is 46.5 Å². The van der Waals surface area contributed by atoms with E-state index in [4.69, 9.17) is 38.4 Å². The number of nitrogens with two attached hydrogens (primary N) is 2. The number of hydrogen-bond acceptors (Lipinski definition) is 11. The van der Waals surface area contributed by atoms with E-state index in [0.29, 0.717) is 58.8 Å². The van der Waals surface area contributed by atoms with E-state index < -0.39 is 5.41 Å². The fourth-order valence-electron chi connectivity index (χ4n) is 6.55. The van der Waals surface area contributed by atoms with E-state index in [1.165, 1.54) is 17.4 Å². The maximum Gasteiger partial charge on any atom is 0.319 e. The topological polar surface area (TPSA) is 138 Å². The van der Waals surface area contributed by atoms with Crippen LogP contribution in [0.5, 0.6) is 6.01 Å². The first-order chi connectivity index (χ1) is 20.5. The van der Waals surface area contributed by atoms with Gasteiger partial charge in [0.15, 0.2) is 0 Å². The second kappa shape index (κ2) is 12.6. The van der Waals surface area contributed by atoms with Gasteiger partial charge in [0.1, 0.15) is 23.0 Å². The zero-order valence-corrected chi connectivity index (χ0v) is 26.8. The Morgan fingerprint density at radius 1 is 1.30 bits per heavy atom. The number of allylic oxidation sites excluding steroid dienone is 1. The molecule has 2 aromatic rings. The summed E-state index contributed by atoms with van der Waals surface area (Å²) in [7, 11) is 2.11. The highest BCUT2D eigenvalue weighted by Crippen LogP contribution is 2.46. The molecule has 0 spiro atoms. The van der Waals surface area contributed by atoms with Crippen LogP contribution in [0.3, 0.4) is 0 Å². The Morgan fingerprint density at radius 3 is 2.70 bits per heavy atom. The molecule has 228 valence electrons. The first-order valence-corrected chi connectivity index (χ1v) is 16.0. The summed E-state index contributed by atoms with van der Waals surface area (Å²) in [5.41, 5.74) is 14.8. The van der Waals surface area contributed by atoms with E-state index >= 15 is 0 Å². The lowest BCUT2D eigenvalue weighted by Gasteiger charge is -2.35. The maximum atomic E-state index is 12.1. The number of fused-ring (bicyclic) bond motifs is 1. The largest absolute Gasteiger partial charge is 0.459 e. The minimum atomic E-state index is -0.544. The molecule has 3 aliphatic rings. The second-order valence-corrected chi connectivity index (χ2v) is 13.4. The molecule has 2 aliphatic heterocycles. The van der Waals surface area contributed by atoms with Gasteiger partial charge in [0.2, 0.25) is 5.91 Å². The summed E-state index contributed by atoms with van der Waals surface area (Å²) >= 11 is 7.50. The quantitative estimate of drug-likeness (QED) is 0.332. The van der Waals surface area contributed by atoms with E-state index in [2.05, 4.69) is 43.3 Å². The van der Waals surface area contributed by atoms with Crippen molar-refractivity contribution in [2.24, 2.45) is 5.73 Å². The number of aryl methyl sites for hydroxylation is 1. The van der Waals surface area contributed by atoms with Gasteiger partial charge in [0.25, 0.3) is 0 Å². The van der Waals surface area contributed by atoms with Crippen LogP contribution in [0.1, 0.15) is 61.2 Å². The molecule has 4 heterocycles. The summed E-state index contributed by atoms with van der Waals surface area (Å²) in [6.07, 6.45) is 7.85. The number of aromatic nitrogens is 2. The van der Waals surface area contributed by atoms with Gasteiger partial charge >= 0.3 is 6.01 Å². The first kappa shape index (κ1) is 30.9. The molecule has 5 rings (SSSR count). The molecule has 2 saturated heterocycles. The third-order valence-corrected chi connectivity index (χ3v) is 10.7. The van der Waals surface area contributed by atoms with Gasteiger partial charge in [0, 0.05) is 53.4 Å². The molecule has 0 aromatic carbocycles. The van der Waals surface area contributed by atoms with Crippen molar-refractivity contribution in [1.82, 2.24) is 19.8 Å². The summed E-state index contributed by atoms with van der Waals surface area (Å²) in [4.78, 5) is 29.6. The molecule has 0 radical (unpaired) electrons. The third-order valence-electron chi connectivity index (χ3n) is 9.07. The fourth-order valence-corrected chi connectivity index (χ4v) is 8.07. The number of thiocarbonyl (C=S) groups is 1. The molecular formula is C31H40N8O2S2. The molecule has 10 nitrogen and oxygen atoms in total. The van der Waals surface area contributed by atoms with Crippen molar-refractivity contribution >= 4 is 50.8 Å². The standard InChI is InChI=1S/C31H40N8O2S2/c1-5-27(40)39-14-12-38(13-15-39)26-17-22(35-30(36-26)41-19(2)23-8-7-11-37(23)4)21(33)16-25(42)31(3)10-6-9-24-28(31)20(18-32)29(34)43-24/h5,16-17,19,23H,1,6-15,33-34H2,2-4H3/b21-16-/t19-,23-,31+/m0/s1. The van der Waals surface area contributed by atoms with Crippen LogP contribution in [0, 0.1) is 11.3 Å². The van der Waals surface area contributed by atoms with E-state index in [1.54, 1.807) is 11.0 Å². The van der Waals surface area contributed by atoms with Gasteiger partial charge in [-0.3, -0.25) is 9.69 Å². The zero-order valence-electron chi connectivity index (χ0n) is 25.1. The fraction of sp³-hybridized carbons (Fsp3) is 0.516. The van der Waals surface area contributed by atoms with Crippen LogP contribution in [0.4, 0.5) is 10.8 Å². The number of piperazine rings is 1. The number of thiophene rings is 1. The predicted molar refractivity (Wildman–Crippen MR) is 175 cm³/mol. The third kappa shape index (κ3) is 6.12. The Hall–Kier alpha value is -3.53. The summed E-state index contributed by atoms with van der Waals surface area (Å²) in [5, 5.41) is 10.4. The first-order valence-electron chi connectivity index (χ1n) is 14.8. The van der Waals surface area contributed by atoms with Gasteiger partial charge < -0.3 is 26.0 Å². The van der Waals surface area contributed by atoms with Crippen molar-refractivity contribution in [3.63, 3.8) is 0 Å². The normalized spacial score (nSPS) is 23.4. The van der Waals surface area contributed by atoms with Crippen molar-refractivity contribution in [1.29, 1.82) is 5.26 Å². The number of hydrogen-bond donors (Lipinski definition) is 2. The van der Waals surface area contributed by atoms with Crippen LogP contribution in [0.25, 0.3) is 5.70 Å². The number of nitrogen functional groups attached to an aromatic ring is 1. The monoisotopic (exact) mass is 620 g/mol. The van der Waals surface area contributed by atoms with E-state index in [9.17, 15) is 10.1 Å². The van der Waals surface area contributed by atoms with Gasteiger partial charge in [-0.05, 0) is 70.3 Å². The highest BCUT2D eigenvalue weighted by Gasteiger charge is 2.40. The average molecular weight is 621 g/mol. The van der Waals surface area contributed by atoms with Crippen molar-refractivity contribution < 1.29 is 9.53 Å². The predicted octanol–water partition coefficient (Wildman–Crippen LogP) is 3.65. The Balaban J connectivity index is 1.46. The van der Waals surface area contributed by atoms with Gasteiger partial charge in [0.05, 0.1) is 17.0 Å². The van der Waals surface area contributed by atoms with E-state index in [1.807, 2.05) is 6.07 Å². The van der Waals surface area contributed by atoms with Gasteiger partial charge in [-0.1, -0.05) is 25.7 Å². The molecule has 12 heteroatoms. The number of ether oxygens (including phenoxy) is 1. The molecule has 0 saturated carbocycles. The van der Waals surface area contributed by atoms with E-state index in [0.717, 1.165) is 49.1 Å². The summed E-state index contributed by atoms with van der Waals surface area (Å²) < 4.78 is 6.36. The Morgan fingerprint density at radius 2 is 2.05 bits per heavy atom. The Labute approximate surface area is 263 Å². The van der Waals surface area contributed by atoms with Gasteiger partial charge in [-0.2, -0.15) is 15.2 Å². The molecule has 3 atom stereocenters. The van der Waals surface area contributed by atoms with Crippen LogP contribution >= 0.6 is 23.6 Å². The zero-order chi connectivity index (χ0) is 30.9. The lowest BCUT2D eigenvalue weighted by molar-refractivity contribution is -0.126. The van der Waals surface area contributed by atoms with Gasteiger partial charge in [-0.15, -0.1) is 11.3 Å². The number of rotatable bonds is 8. The Bertz CT molecular complexity index is 1490. The molecule has 1 aliphatic carbocycles. The van der Waals surface area contributed by atoms with Crippen molar-refractivity contribution in [2.45, 2.75) is 63.5 Å². The average Bonchev–Trinajstić information content (AvgIpc) is 3.59. The van der Waals surface area contributed by atoms with Crippen molar-refractivity contribution in [2.75, 3.05) is 50.4 Å². The number of likely N-dealkylation sites (N-methyl/N-ethyl adjacent to an activating group) is 1. The Kier molecular flexibility index (Phi) is 9.06. The maximum absolute atomic E-state index is 12.1. The molecule has 0 unspecified atom stereocenters. The van der Waals surface area contributed by atoms with Crippen LogP contribution in [-0.4, -0.2) is 82.5 Å². The number of carbonyl (C=O) groups excluding carboxylic acids is 1. The highest BCUT2D eigenvalue weighted by molar-refractivity contribution is 7.81. The summed E-state index contributed by atoms with van der Waals surface area (Å²) in [6, 6.07) is 4.70. The molecule has 0 bridgehead atoms. The lowest BCUT2D eigenvalue weighted by atomic mass is 9.70. The van der Waals surface area contributed by atoms with E-state index in [-0.39, 0.29) is 24.1 Å². The summed E-state index contributed by atoms with van der Waals surface area (Å²) in [6.45, 7) is 11.1. The highest BCUT2D eigenvalue weighted by atomic mass is 32.1. The molecule has 1 amide bonds. The summed E-state index contributed by atoms with van der Waals surface area (Å²) in [5.74, 6) is 0.608. The number of amides is 1. The molecule has 4 N–H and O–H groups in total. The van der Waals surface area contributed by atoms with Crippen LogP contribution in [0.15, 0.2) is 24.8 Å². The molecule has 43 heavy (non-hydrogen) atoms. The number of nitriles is 1. The van der Waals surface area contributed by atoms with Crippen molar-refractivity contribution in [3.8, 4) is 12.1 Å². The van der Waals surface area contributed by atoms with Gasteiger partial charge in [-0.25, -0.2) is 0 Å². The van der Waals surface area contributed by atoms with Crippen LogP contribution < -0.4 is 21.1 Å². The molecule has 2 aromatic heterocycles. The second-order valence-electron chi connectivity index (χ2n) is 11.8. The minimum Gasteiger partial charge on any atom is -0.459 e. The SMILES string of the molecule is C=CC(=O)N1CCN(c2cc(/C(N)=C/C(=S)[C@@]3(C)CCCc4sc(N)c(C#N)c43)nc(O[C@@H](C)[C@@H]3CCCN3C)n2)CC1. The number of nitrogens with zero attached hydrogens (tertiary/aromatic N) is 6. The number of likely N-dealkylation sites (tertiary alicyclic amines) is 1. The smallest absolute Gasteiger partial charge is 0.319 e. The lowest BCUT2D eigenvalue weighted by Crippen LogP contribution is -2.48. The minimum absolute atomic E-state index is 0.0754.